The highest BCUT2D eigenvalue weighted by Gasteiger charge is 2.06. The maximum atomic E-state index is 10.8. The lowest BCUT2D eigenvalue weighted by molar-refractivity contribution is 0.0696. The minimum absolute atomic E-state index is 0.176. The Labute approximate surface area is 104 Å². The number of carbonyl (C=O) groups is 1. The van der Waals surface area contributed by atoms with Crippen molar-refractivity contribution in [2.75, 3.05) is 0 Å². The quantitative estimate of drug-likeness (QED) is 0.885. The monoisotopic (exact) mass is 247 g/mol. The average Bonchev–Trinajstić information content (AvgIpc) is 2.33. The molecule has 0 unspecified atom stereocenters. The third-order valence-corrected chi connectivity index (χ3v) is 2.90. The van der Waals surface area contributed by atoms with Gasteiger partial charge in [-0.2, -0.15) is 0 Å². The number of halogens is 1. The topological polar surface area (TPSA) is 50.2 Å². The SMILES string of the molecule is Cc1cc(-c2cncc(C(=O)O)c2)ccc1Cl. The van der Waals surface area contributed by atoms with E-state index in [-0.39, 0.29) is 5.56 Å². The van der Waals surface area contributed by atoms with Crippen LogP contribution in [0.15, 0.2) is 36.7 Å². The van der Waals surface area contributed by atoms with E-state index in [1.807, 2.05) is 19.1 Å². The molecule has 2 aromatic rings. The van der Waals surface area contributed by atoms with E-state index in [9.17, 15) is 4.79 Å². The van der Waals surface area contributed by atoms with E-state index in [1.54, 1.807) is 18.3 Å². The van der Waals surface area contributed by atoms with Crippen molar-refractivity contribution >= 4 is 17.6 Å². The molecule has 0 spiro atoms. The Kier molecular flexibility index (Phi) is 3.11. The summed E-state index contributed by atoms with van der Waals surface area (Å²) in [4.78, 5) is 14.8. The van der Waals surface area contributed by atoms with Crippen LogP contribution < -0.4 is 0 Å². The van der Waals surface area contributed by atoms with Gasteiger partial charge >= 0.3 is 5.97 Å². The molecule has 1 heterocycles. The summed E-state index contributed by atoms with van der Waals surface area (Å²) in [5.74, 6) is -0.981. The van der Waals surface area contributed by atoms with Crippen LogP contribution in [0.5, 0.6) is 0 Å². The Morgan fingerprint density at radius 3 is 2.65 bits per heavy atom. The highest BCUT2D eigenvalue weighted by atomic mass is 35.5. The van der Waals surface area contributed by atoms with Crippen molar-refractivity contribution in [3.8, 4) is 11.1 Å². The lowest BCUT2D eigenvalue weighted by atomic mass is 10.0. The largest absolute Gasteiger partial charge is 0.478 e. The minimum atomic E-state index is -0.981. The number of aromatic carboxylic acids is 1. The van der Waals surface area contributed by atoms with Crippen molar-refractivity contribution in [1.29, 1.82) is 0 Å². The Hall–Kier alpha value is -1.87. The summed E-state index contributed by atoms with van der Waals surface area (Å²) in [6, 6.07) is 7.14. The van der Waals surface area contributed by atoms with Gasteiger partial charge in [-0.05, 0) is 36.2 Å². The smallest absolute Gasteiger partial charge is 0.337 e. The Morgan fingerprint density at radius 1 is 1.24 bits per heavy atom. The maximum absolute atomic E-state index is 10.8. The molecule has 2 rings (SSSR count). The molecule has 0 saturated heterocycles. The summed E-state index contributed by atoms with van der Waals surface area (Å²) in [7, 11) is 0. The number of carboxylic acid groups (broad SMARTS) is 1. The fraction of sp³-hybridized carbons (Fsp3) is 0.0769. The number of aryl methyl sites for hydroxylation is 1. The summed E-state index contributed by atoms with van der Waals surface area (Å²) in [5, 5.41) is 9.58. The third-order valence-electron chi connectivity index (χ3n) is 2.48. The number of pyridine rings is 1. The van der Waals surface area contributed by atoms with Crippen LogP contribution in [0.1, 0.15) is 15.9 Å². The first kappa shape index (κ1) is 11.6. The molecule has 0 radical (unpaired) electrons. The first-order valence-electron chi connectivity index (χ1n) is 5.03. The number of benzene rings is 1. The van der Waals surface area contributed by atoms with Gasteiger partial charge in [-0.1, -0.05) is 17.7 Å². The van der Waals surface area contributed by atoms with Gasteiger partial charge < -0.3 is 5.11 Å². The number of nitrogens with zero attached hydrogens (tertiary/aromatic N) is 1. The summed E-state index contributed by atoms with van der Waals surface area (Å²) in [5.41, 5.74) is 2.80. The summed E-state index contributed by atoms with van der Waals surface area (Å²) in [6.45, 7) is 1.90. The molecule has 3 nitrogen and oxygen atoms in total. The highest BCUT2D eigenvalue weighted by Crippen LogP contribution is 2.24. The predicted molar refractivity (Wildman–Crippen MR) is 66.4 cm³/mol. The molecule has 0 aliphatic carbocycles. The zero-order valence-corrected chi connectivity index (χ0v) is 9.90. The van der Waals surface area contributed by atoms with Gasteiger partial charge in [0.2, 0.25) is 0 Å². The van der Waals surface area contributed by atoms with Crippen LogP contribution in [0, 0.1) is 6.92 Å². The van der Waals surface area contributed by atoms with Crippen LogP contribution in [0.3, 0.4) is 0 Å². The van der Waals surface area contributed by atoms with Crippen LogP contribution in [-0.2, 0) is 0 Å². The van der Waals surface area contributed by atoms with E-state index >= 15 is 0 Å². The Balaban J connectivity index is 2.49. The Bertz CT molecular complexity index is 581. The van der Waals surface area contributed by atoms with Gasteiger partial charge in [0.15, 0.2) is 0 Å². The van der Waals surface area contributed by atoms with E-state index in [1.165, 1.54) is 6.20 Å². The van der Waals surface area contributed by atoms with E-state index in [2.05, 4.69) is 4.98 Å². The number of hydrogen-bond donors (Lipinski definition) is 1. The fourth-order valence-corrected chi connectivity index (χ4v) is 1.66. The molecule has 1 aromatic heterocycles. The molecule has 86 valence electrons. The van der Waals surface area contributed by atoms with Crippen molar-refractivity contribution in [3.63, 3.8) is 0 Å². The number of carboxylic acids is 1. The van der Waals surface area contributed by atoms with Gasteiger partial charge in [-0.15, -0.1) is 0 Å². The van der Waals surface area contributed by atoms with E-state index in [0.717, 1.165) is 16.7 Å². The molecule has 0 saturated carbocycles. The second kappa shape index (κ2) is 4.55. The second-order valence-corrected chi connectivity index (χ2v) is 4.14. The van der Waals surface area contributed by atoms with Gasteiger partial charge in [0.25, 0.3) is 0 Å². The van der Waals surface area contributed by atoms with Gasteiger partial charge in [-0.25, -0.2) is 4.79 Å². The third kappa shape index (κ3) is 2.45. The molecule has 0 fully saturated rings. The first-order valence-corrected chi connectivity index (χ1v) is 5.40. The van der Waals surface area contributed by atoms with E-state index in [4.69, 9.17) is 16.7 Å². The molecule has 0 aliphatic rings. The zero-order chi connectivity index (χ0) is 12.4. The van der Waals surface area contributed by atoms with Gasteiger partial charge in [0.1, 0.15) is 0 Å². The molecule has 0 amide bonds. The number of hydrogen-bond acceptors (Lipinski definition) is 2. The average molecular weight is 248 g/mol. The molecule has 0 atom stereocenters. The molecule has 1 N–H and O–H groups in total. The van der Waals surface area contributed by atoms with Crippen molar-refractivity contribution in [2.24, 2.45) is 0 Å². The molecule has 17 heavy (non-hydrogen) atoms. The van der Waals surface area contributed by atoms with E-state index in [0.29, 0.717) is 5.02 Å². The lowest BCUT2D eigenvalue weighted by Crippen LogP contribution is -1.97. The normalized spacial score (nSPS) is 10.2. The van der Waals surface area contributed by atoms with Crippen LogP contribution in [0.25, 0.3) is 11.1 Å². The summed E-state index contributed by atoms with van der Waals surface area (Å²) >= 11 is 5.94. The molecule has 0 aliphatic heterocycles. The Morgan fingerprint density at radius 2 is 2.00 bits per heavy atom. The van der Waals surface area contributed by atoms with Gasteiger partial charge in [0.05, 0.1) is 5.56 Å². The summed E-state index contributed by atoms with van der Waals surface area (Å²) < 4.78 is 0. The first-order chi connectivity index (χ1) is 8.08. The standard InChI is InChI=1S/C13H10ClNO2/c1-8-4-9(2-3-12(8)14)10-5-11(13(16)17)7-15-6-10/h2-7H,1H3,(H,16,17). The molecular formula is C13H10ClNO2. The molecule has 0 bridgehead atoms. The molecule has 4 heteroatoms. The van der Waals surface area contributed by atoms with Crippen LogP contribution >= 0.6 is 11.6 Å². The fourth-order valence-electron chi connectivity index (χ4n) is 1.54. The lowest BCUT2D eigenvalue weighted by Gasteiger charge is -2.05. The van der Waals surface area contributed by atoms with Crippen LogP contribution in [0.4, 0.5) is 0 Å². The van der Waals surface area contributed by atoms with Gasteiger partial charge in [0, 0.05) is 23.0 Å². The van der Waals surface area contributed by atoms with Crippen LogP contribution in [-0.4, -0.2) is 16.1 Å². The van der Waals surface area contributed by atoms with Crippen molar-refractivity contribution in [3.05, 3.63) is 52.8 Å². The van der Waals surface area contributed by atoms with Crippen molar-refractivity contribution in [1.82, 2.24) is 4.98 Å². The molecule has 1 aromatic carbocycles. The second-order valence-electron chi connectivity index (χ2n) is 3.73. The molecular weight excluding hydrogens is 238 g/mol. The predicted octanol–water partition coefficient (Wildman–Crippen LogP) is 3.41. The van der Waals surface area contributed by atoms with Crippen molar-refractivity contribution < 1.29 is 9.90 Å². The highest BCUT2D eigenvalue weighted by molar-refractivity contribution is 6.31. The minimum Gasteiger partial charge on any atom is -0.478 e. The number of aromatic nitrogens is 1. The van der Waals surface area contributed by atoms with Crippen molar-refractivity contribution in [2.45, 2.75) is 6.92 Å². The van der Waals surface area contributed by atoms with Crippen LogP contribution in [0.2, 0.25) is 5.02 Å². The number of rotatable bonds is 2. The summed E-state index contributed by atoms with van der Waals surface area (Å²) in [6.07, 6.45) is 2.96. The maximum Gasteiger partial charge on any atom is 0.337 e. The van der Waals surface area contributed by atoms with E-state index < -0.39 is 5.97 Å². The zero-order valence-electron chi connectivity index (χ0n) is 9.14. The van der Waals surface area contributed by atoms with Gasteiger partial charge in [-0.3, -0.25) is 4.98 Å².